The van der Waals surface area contributed by atoms with Crippen LogP contribution in [0.3, 0.4) is 0 Å². The van der Waals surface area contributed by atoms with Crippen molar-refractivity contribution in [2.75, 3.05) is 16.8 Å². The summed E-state index contributed by atoms with van der Waals surface area (Å²) >= 11 is 2.80. The number of fused-ring (bicyclic) bond motifs is 1. The minimum atomic E-state index is -0.109. The first-order valence-electron chi connectivity index (χ1n) is 8.30. The number of nitrogens with one attached hydrogen (secondary N) is 1. The summed E-state index contributed by atoms with van der Waals surface area (Å²) < 4.78 is 2.05. The lowest BCUT2D eigenvalue weighted by atomic mass is 10.3. The molecular weight excluding hydrogens is 376 g/mol. The van der Waals surface area contributed by atoms with Crippen LogP contribution in [0.1, 0.15) is 0 Å². The van der Waals surface area contributed by atoms with E-state index in [2.05, 4.69) is 27.5 Å². The minimum Gasteiger partial charge on any atom is -0.324 e. The summed E-state index contributed by atoms with van der Waals surface area (Å²) in [7, 11) is 0. The van der Waals surface area contributed by atoms with Crippen molar-refractivity contribution in [1.82, 2.24) is 9.55 Å². The number of imidazole rings is 1. The van der Waals surface area contributed by atoms with E-state index < -0.39 is 0 Å². The molecule has 0 aliphatic rings. The zero-order chi connectivity index (χ0) is 19.1. The maximum atomic E-state index is 12.4. The van der Waals surface area contributed by atoms with E-state index in [0.29, 0.717) is 12.3 Å². The first kappa shape index (κ1) is 19.1. The molecule has 0 aliphatic carbocycles. The molecule has 27 heavy (non-hydrogen) atoms. The summed E-state index contributed by atoms with van der Waals surface area (Å²) in [6.45, 7) is 4.44. The summed E-state index contributed by atoms with van der Waals surface area (Å²) in [6, 6.07) is 17.5. The molecule has 3 rings (SSSR count). The van der Waals surface area contributed by atoms with Crippen LogP contribution in [0, 0.1) is 11.3 Å². The first-order valence-corrected chi connectivity index (χ1v) is 10.3. The Balaban J connectivity index is 1.70. The molecule has 136 valence electrons. The maximum absolute atomic E-state index is 12.4. The van der Waals surface area contributed by atoms with Gasteiger partial charge in [-0.05, 0) is 24.3 Å². The molecule has 1 amide bonds. The second-order valence-corrected chi connectivity index (χ2v) is 7.52. The highest BCUT2D eigenvalue weighted by atomic mass is 32.2. The molecular formula is C20H18N4OS2. The van der Waals surface area contributed by atoms with Crippen LogP contribution in [0.15, 0.2) is 71.2 Å². The van der Waals surface area contributed by atoms with Gasteiger partial charge in [-0.2, -0.15) is 5.26 Å². The summed E-state index contributed by atoms with van der Waals surface area (Å²) in [5, 5.41) is 12.5. The van der Waals surface area contributed by atoms with Crippen LogP contribution in [0.2, 0.25) is 0 Å². The molecule has 1 N–H and O–H groups in total. The van der Waals surface area contributed by atoms with Gasteiger partial charge in [0.25, 0.3) is 0 Å². The average Bonchev–Trinajstić information content (AvgIpc) is 3.04. The molecule has 0 aliphatic heterocycles. The molecule has 0 spiro atoms. The summed E-state index contributed by atoms with van der Waals surface area (Å²) in [5.74, 6) is 0.479. The van der Waals surface area contributed by atoms with Crippen molar-refractivity contribution in [3.05, 3.63) is 61.2 Å². The van der Waals surface area contributed by atoms with Gasteiger partial charge in [0.15, 0.2) is 5.16 Å². The number of nitrogens with zero attached hydrogens (tertiary/aromatic N) is 3. The molecule has 0 unspecified atom stereocenters. The second-order valence-electron chi connectivity index (χ2n) is 5.56. The average molecular weight is 395 g/mol. The largest absolute Gasteiger partial charge is 0.324 e. The maximum Gasteiger partial charge on any atom is 0.234 e. The Morgan fingerprint density at radius 3 is 2.81 bits per heavy atom. The lowest BCUT2D eigenvalue weighted by molar-refractivity contribution is -0.113. The predicted molar refractivity (Wildman–Crippen MR) is 112 cm³/mol. The predicted octanol–water partition coefficient (Wildman–Crippen LogP) is 4.57. The second kappa shape index (κ2) is 9.31. The molecule has 0 radical (unpaired) electrons. The van der Waals surface area contributed by atoms with E-state index in [0.717, 1.165) is 26.8 Å². The molecule has 0 saturated carbocycles. The van der Waals surface area contributed by atoms with Gasteiger partial charge in [-0.25, -0.2) is 4.98 Å². The monoisotopic (exact) mass is 394 g/mol. The molecule has 2 aromatic carbocycles. The molecule has 1 heterocycles. The molecule has 0 fully saturated rings. The van der Waals surface area contributed by atoms with E-state index in [1.54, 1.807) is 0 Å². The SMILES string of the molecule is C=CCn1c(SCC(=O)Nc2ccccc2SCC#N)nc2ccccc21. The fourth-order valence-electron chi connectivity index (χ4n) is 2.59. The lowest BCUT2D eigenvalue weighted by Crippen LogP contribution is -2.15. The van der Waals surface area contributed by atoms with Gasteiger partial charge in [-0.1, -0.05) is 42.1 Å². The van der Waals surface area contributed by atoms with E-state index in [-0.39, 0.29) is 11.7 Å². The number of rotatable bonds is 8. The Labute approximate surface area is 166 Å². The third-order valence-corrected chi connectivity index (χ3v) is 5.63. The molecule has 1 aromatic heterocycles. The Morgan fingerprint density at radius 2 is 2.00 bits per heavy atom. The molecule has 0 saturated heterocycles. The van der Waals surface area contributed by atoms with Crippen LogP contribution in [-0.2, 0) is 11.3 Å². The van der Waals surface area contributed by atoms with E-state index >= 15 is 0 Å². The van der Waals surface area contributed by atoms with Gasteiger partial charge >= 0.3 is 0 Å². The van der Waals surface area contributed by atoms with Crippen molar-refractivity contribution in [2.45, 2.75) is 16.6 Å². The smallest absolute Gasteiger partial charge is 0.234 e. The van der Waals surface area contributed by atoms with Crippen molar-refractivity contribution in [3.63, 3.8) is 0 Å². The van der Waals surface area contributed by atoms with E-state index in [1.165, 1.54) is 23.5 Å². The van der Waals surface area contributed by atoms with Crippen LogP contribution < -0.4 is 5.32 Å². The number of thioether (sulfide) groups is 2. The highest BCUT2D eigenvalue weighted by Crippen LogP contribution is 2.28. The van der Waals surface area contributed by atoms with Crippen LogP contribution in [-0.4, -0.2) is 27.0 Å². The van der Waals surface area contributed by atoms with Gasteiger partial charge in [-0.15, -0.1) is 18.3 Å². The van der Waals surface area contributed by atoms with Gasteiger partial charge in [0, 0.05) is 11.4 Å². The normalized spacial score (nSPS) is 10.5. The van der Waals surface area contributed by atoms with E-state index in [9.17, 15) is 4.79 Å². The number of hydrogen-bond acceptors (Lipinski definition) is 5. The first-order chi connectivity index (χ1) is 13.2. The molecule has 0 bridgehead atoms. The summed E-state index contributed by atoms with van der Waals surface area (Å²) in [5.41, 5.74) is 2.65. The summed E-state index contributed by atoms with van der Waals surface area (Å²) in [6.07, 6.45) is 1.82. The number of aromatic nitrogens is 2. The third-order valence-electron chi connectivity index (χ3n) is 3.72. The van der Waals surface area contributed by atoms with Gasteiger partial charge < -0.3 is 9.88 Å². The van der Waals surface area contributed by atoms with Gasteiger partial charge in [0.05, 0.1) is 34.3 Å². The number of anilines is 1. The van der Waals surface area contributed by atoms with Crippen LogP contribution in [0.25, 0.3) is 11.0 Å². The van der Waals surface area contributed by atoms with Crippen molar-refractivity contribution in [3.8, 4) is 6.07 Å². The highest BCUT2D eigenvalue weighted by Gasteiger charge is 2.13. The molecule has 5 nitrogen and oxygen atoms in total. The Morgan fingerprint density at radius 1 is 1.22 bits per heavy atom. The lowest BCUT2D eigenvalue weighted by Gasteiger charge is -2.10. The number of allylic oxidation sites excluding steroid dienone is 1. The van der Waals surface area contributed by atoms with Crippen molar-refractivity contribution in [2.24, 2.45) is 0 Å². The Bertz CT molecular complexity index is 1010. The van der Waals surface area contributed by atoms with Crippen molar-refractivity contribution in [1.29, 1.82) is 5.26 Å². The number of amides is 1. The molecule has 0 atom stereocenters. The Kier molecular flexibility index (Phi) is 6.58. The standard InChI is InChI=1S/C20H18N4OS2/c1-2-12-24-17-9-5-3-7-15(17)23-20(24)27-14-19(25)22-16-8-4-6-10-18(16)26-13-11-21/h2-10H,1,12-14H2,(H,22,25). The van der Waals surface area contributed by atoms with E-state index in [1.807, 2.05) is 54.6 Å². The van der Waals surface area contributed by atoms with E-state index in [4.69, 9.17) is 5.26 Å². The minimum absolute atomic E-state index is 0.109. The van der Waals surface area contributed by atoms with Crippen molar-refractivity contribution >= 4 is 46.2 Å². The zero-order valence-corrected chi connectivity index (χ0v) is 16.2. The zero-order valence-electron chi connectivity index (χ0n) is 14.6. The molecule has 3 aromatic rings. The van der Waals surface area contributed by atoms with Gasteiger partial charge in [0.1, 0.15) is 0 Å². The molecule has 7 heteroatoms. The number of nitriles is 1. The van der Waals surface area contributed by atoms with Crippen LogP contribution >= 0.6 is 23.5 Å². The highest BCUT2D eigenvalue weighted by molar-refractivity contribution is 8.00. The fourth-order valence-corrected chi connectivity index (χ4v) is 4.08. The number of carbonyl (C=O) groups is 1. The number of hydrogen-bond donors (Lipinski definition) is 1. The quantitative estimate of drug-likeness (QED) is 0.448. The third kappa shape index (κ3) is 4.73. The van der Waals surface area contributed by atoms with Crippen LogP contribution in [0.5, 0.6) is 0 Å². The van der Waals surface area contributed by atoms with Crippen LogP contribution in [0.4, 0.5) is 5.69 Å². The fraction of sp³-hybridized carbons (Fsp3) is 0.150. The number of benzene rings is 2. The topological polar surface area (TPSA) is 70.7 Å². The number of para-hydroxylation sites is 3. The number of carbonyl (C=O) groups excluding carboxylic acids is 1. The van der Waals surface area contributed by atoms with Gasteiger partial charge in [-0.3, -0.25) is 4.79 Å². The van der Waals surface area contributed by atoms with Gasteiger partial charge in [0.2, 0.25) is 5.91 Å². The summed E-state index contributed by atoms with van der Waals surface area (Å²) in [4.78, 5) is 17.9. The Hall–Kier alpha value is -2.69. The van der Waals surface area contributed by atoms with Crippen molar-refractivity contribution < 1.29 is 4.79 Å².